The largest absolute Gasteiger partial charge is 0.481 e. The van der Waals surface area contributed by atoms with Gasteiger partial charge in [-0.25, -0.2) is 0 Å². The van der Waals surface area contributed by atoms with E-state index in [1.54, 1.807) is 0 Å². The third kappa shape index (κ3) is 5.54. The second-order valence-corrected chi connectivity index (χ2v) is 8.90. The number of aliphatic hydroxyl groups excluding tert-OH is 2. The van der Waals surface area contributed by atoms with Crippen molar-refractivity contribution in [2.45, 2.75) is 63.4 Å². The van der Waals surface area contributed by atoms with Gasteiger partial charge in [-0.05, 0) is 60.9 Å². The maximum Gasteiger partial charge on any atom is 0.303 e. The number of carbonyl (C=O) groups excluding carboxylic acids is 1. The predicted octanol–water partition coefficient (Wildman–Crippen LogP) is 3.85. The number of carboxylic acids is 1. The Hall–Kier alpha value is -2.90. The molecular formula is C26H30O7. The molecule has 4 atom stereocenters. The lowest BCUT2D eigenvalue weighted by molar-refractivity contribution is -0.137. The molecule has 1 aliphatic carbocycles. The molecule has 1 saturated carbocycles. The van der Waals surface area contributed by atoms with Crippen LogP contribution in [-0.2, 0) is 9.59 Å². The highest BCUT2D eigenvalue weighted by molar-refractivity contribution is 5.86. The zero-order chi connectivity index (χ0) is 23.4. The molecule has 4 rings (SSSR count). The van der Waals surface area contributed by atoms with E-state index < -0.39 is 24.5 Å². The summed E-state index contributed by atoms with van der Waals surface area (Å²) in [5, 5.41) is 31.8. The fourth-order valence-electron chi connectivity index (χ4n) is 4.76. The molecule has 0 amide bonds. The van der Waals surface area contributed by atoms with Crippen LogP contribution in [0.5, 0.6) is 11.5 Å². The second-order valence-electron chi connectivity index (χ2n) is 8.90. The number of Topliss-reactive ketones (excluding diaryl/α,β-unsaturated/α-hetero) is 1. The van der Waals surface area contributed by atoms with Crippen molar-refractivity contribution in [2.24, 2.45) is 11.8 Å². The maximum absolute atomic E-state index is 12.4. The summed E-state index contributed by atoms with van der Waals surface area (Å²) in [6.07, 6.45) is 4.15. The Bertz CT molecular complexity index is 986. The van der Waals surface area contributed by atoms with Gasteiger partial charge in [0.2, 0.25) is 0 Å². The van der Waals surface area contributed by atoms with Crippen molar-refractivity contribution < 1.29 is 34.4 Å². The fourth-order valence-corrected chi connectivity index (χ4v) is 4.76. The van der Waals surface area contributed by atoms with E-state index in [4.69, 9.17) is 14.6 Å². The van der Waals surface area contributed by atoms with Gasteiger partial charge >= 0.3 is 5.97 Å². The van der Waals surface area contributed by atoms with Crippen molar-refractivity contribution in [1.29, 1.82) is 0 Å². The van der Waals surface area contributed by atoms with Crippen LogP contribution in [0.4, 0.5) is 0 Å². The standard InChI is InChI=1S/C26H30O7/c27-20(26-32-23-13-16-7-5-6-8-17(16)14-24(23)33-26)12-11-19-18(21(28)15-22(19)29)9-3-1-2-4-10-25(30)31/h1,3,5-8,13-14,18-20,22,26-27,29H,2,4,9-12,15H2,(H,30,31)/b3-1-/t18-,19-,20-,22-/m1/s1. The molecule has 2 aromatic carbocycles. The van der Waals surface area contributed by atoms with Gasteiger partial charge in [0.15, 0.2) is 11.5 Å². The van der Waals surface area contributed by atoms with Crippen molar-refractivity contribution in [2.75, 3.05) is 0 Å². The van der Waals surface area contributed by atoms with E-state index in [0.29, 0.717) is 43.6 Å². The summed E-state index contributed by atoms with van der Waals surface area (Å²) in [4.78, 5) is 23.0. The van der Waals surface area contributed by atoms with E-state index >= 15 is 0 Å². The summed E-state index contributed by atoms with van der Waals surface area (Å²) in [6.45, 7) is 0. The van der Waals surface area contributed by atoms with E-state index in [1.807, 2.05) is 48.6 Å². The topological polar surface area (TPSA) is 113 Å². The first-order chi connectivity index (χ1) is 15.9. The summed E-state index contributed by atoms with van der Waals surface area (Å²) in [5.74, 6) is -0.121. The molecule has 0 spiro atoms. The van der Waals surface area contributed by atoms with Gasteiger partial charge in [-0.3, -0.25) is 9.59 Å². The summed E-state index contributed by atoms with van der Waals surface area (Å²) in [5.41, 5.74) is 0. The SMILES string of the molecule is O=C(O)CCC/C=C\C[C@H]1C(=O)C[C@@H](O)[C@@H]1CC[C@@H](O)C1Oc2cc3ccccc3cc2O1. The fraction of sp³-hybridized carbons (Fsp3) is 0.462. The molecule has 3 N–H and O–H groups in total. The van der Waals surface area contributed by atoms with Crippen molar-refractivity contribution in [3.05, 3.63) is 48.6 Å². The van der Waals surface area contributed by atoms with Crippen LogP contribution >= 0.6 is 0 Å². The normalized spacial score (nSPS) is 23.6. The van der Waals surface area contributed by atoms with Crippen LogP contribution < -0.4 is 9.47 Å². The molecule has 0 unspecified atom stereocenters. The summed E-state index contributed by atoms with van der Waals surface area (Å²) < 4.78 is 11.7. The highest BCUT2D eigenvalue weighted by atomic mass is 16.7. The molecule has 176 valence electrons. The van der Waals surface area contributed by atoms with E-state index in [9.17, 15) is 19.8 Å². The molecular weight excluding hydrogens is 424 g/mol. The highest BCUT2D eigenvalue weighted by Crippen LogP contribution is 2.40. The zero-order valence-corrected chi connectivity index (χ0v) is 18.4. The van der Waals surface area contributed by atoms with Crippen molar-refractivity contribution in [1.82, 2.24) is 0 Å². The van der Waals surface area contributed by atoms with Gasteiger partial charge in [0, 0.05) is 18.8 Å². The van der Waals surface area contributed by atoms with Gasteiger partial charge in [0.25, 0.3) is 6.29 Å². The molecule has 0 aromatic heterocycles. The van der Waals surface area contributed by atoms with E-state index in [1.165, 1.54) is 0 Å². The Morgan fingerprint density at radius 1 is 1.12 bits per heavy atom. The number of rotatable bonds is 10. The van der Waals surface area contributed by atoms with Crippen LogP contribution in [0.2, 0.25) is 0 Å². The van der Waals surface area contributed by atoms with Crippen molar-refractivity contribution in [3.8, 4) is 11.5 Å². The lowest BCUT2D eigenvalue weighted by atomic mass is 9.86. The quantitative estimate of drug-likeness (QED) is 0.369. The molecule has 7 nitrogen and oxygen atoms in total. The Labute approximate surface area is 192 Å². The molecule has 0 saturated heterocycles. The van der Waals surface area contributed by atoms with E-state index in [0.717, 1.165) is 10.8 Å². The zero-order valence-electron chi connectivity index (χ0n) is 18.4. The Morgan fingerprint density at radius 3 is 2.42 bits per heavy atom. The smallest absolute Gasteiger partial charge is 0.303 e. The number of ether oxygens (including phenoxy) is 2. The Balaban J connectivity index is 1.30. The van der Waals surface area contributed by atoms with Crippen LogP contribution in [0, 0.1) is 11.8 Å². The van der Waals surface area contributed by atoms with Crippen LogP contribution in [0.25, 0.3) is 10.8 Å². The minimum absolute atomic E-state index is 0.0321. The van der Waals surface area contributed by atoms with Gasteiger partial charge < -0.3 is 24.8 Å². The molecule has 2 aliphatic rings. The van der Waals surface area contributed by atoms with Crippen LogP contribution in [0.3, 0.4) is 0 Å². The first kappa shape index (κ1) is 23.3. The number of unbranched alkanes of at least 4 members (excludes halogenated alkanes) is 1. The second kappa shape index (κ2) is 10.4. The Kier molecular flexibility index (Phi) is 7.30. The molecule has 7 heteroatoms. The first-order valence-electron chi connectivity index (χ1n) is 11.5. The number of hydrogen-bond acceptors (Lipinski definition) is 6. The lowest BCUT2D eigenvalue weighted by Crippen LogP contribution is -2.34. The number of benzene rings is 2. The number of aliphatic carboxylic acids is 1. The average Bonchev–Trinajstić information content (AvgIpc) is 3.32. The predicted molar refractivity (Wildman–Crippen MR) is 122 cm³/mol. The maximum atomic E-state index is 12.4. The summed E-state index contributed by atoms with van der Waals surface area (Å²) >= 11 is 0. The number of fused-ring (bicyclic) bond motifs is 2. The summed E-state index contributed by atoms with van der Waals surface area (Å²) in [6, 6.07) is 11.7. The van der Waals surface area contributed by atoms with Gasteiger partial charge in [-0.15, -0.1) is 0 Å². The first-order valence-corrected chi connectivity index (χ1v) is 11.5. The minimum atomic E-state index is -0.893. The monoisotopic (exact) mass is 454 g/mol. The number of ketones is 1. The number of carboxylic acid groups (broad SMARTS) is 1. The molecule has 1 aliphatic heterocycles. The molecule has 2 aromatic rings. The average molecular weight is 455 g/mol. The molecule has 33 heavy (non-hydrogen) atoms. The van der Waals surface area contributed by atoms with Gasteiger partial charge in [-0.1, -0.05) is 36.4 Å². The number of allylic oxidation sites excluding steroid dienone is 2. The van der Waals surface area contributed by atoms with Crippen LogP contribution in [0.1, 0.15) is 44.9 Å². The highest BCUT2D eigenvalue weighted by Gasteiger charge is 2.41. The van der Waals surface area contributed by atoms with Crippen LogP contribution in [-0.4, -0.2) is 45.6 Å². The van der Waals surface area contributed by atoms with Gasteiger partial charge in [0.1, 0.15) is 11.9 Å². The molecule has 1 heterocycles. The van der Waals surface area contributed by atoms with Gasteiger partial charge in [-0.2, -0.15) is 0 Å². The summed E-state index contributed by atoms with van der Waals surface area (Å²) in [7, 11) is 0. The number of aliphatic hydroxyl groups is 2. The number of carbonyl (C=O) groups is 2. The van der Waals surface area contributed by atoms with Crippen LogP contribution in [0.15, 0.2) is 48.6 Å². The Morgan fingerprint density at radius 2 is 1.79 bits per heavy atom. The third-order valence-electron chi connectivity index (χ3n) is 6.56. The molecule has 0 radical (unpaired) electrons. The van der Waals surface area contributed by atoms with Gasteiger partial charge in [0.05, 0.1) is 6.10 Å². The minimum Gasteiger partial charge on any atom is -0.481 e. The molecule has 1 fully saturated rings. The third-order valence-corrected chi connectivity index (χ3v) is 6.56. The number of hydrogen-bond donors (Lipinski definition) is 3. The van der Waals surface area contributed by atoms with E-state index in [2.05, 4.69) is 0 Å². The van der Waals surface area contributed by atoms with E-state index in [-0.39, 0.29) is 30.5 Å². The molecule has 0 bridgehead atoms. The van der Waals surface area contributed by atoms with Crippen molar-refractivity contribution >= 4 is 22.5 Å². The lowest BCUT2D eigenvalue weighted by Gasteiger charge is -2.23. The van der Waals surface area contributed by atoms with Crippen molar-refractivity contribution in [3.63, 3.8) is 0 Å².